The number of benzene rings is 1. The lowest BCUT2D eigenvalue weighted by atomic mass is 10.1. The molecule has 0 amide bonds. The van der Waals surface area contributed by atoms with Crippen molar-refractivity contribution in [1.82, 2.24) is 9.55 Å². The first-order valence-electron chi connectivity index (χ1n) is 5.05. The fraction of sp³-hybridized carbons (Fsp3) is 0.417. The summed E-state index contributed by atoms with van der Waals surface area (Å²) in [6.07, 6.45) is 0. The molecule has 0 N–H and O–H groups in total. The first-order chi connectivity index (χ1) is 6.89. The summed E-state index contributed by atoms with van der Waals surface area (Å²) in [6.45, 7) is 8.64. The molecule has 0 fully saturated rings. The monoisotopic (exact) mass is 266 g/mol. The van der Waals surface area contributed by atoms with Crippen molar-refractivity contribution in [3.63, 3.8) is 0 Å². The van der Waals surface area contributed by atoms with Crippen LogP contribution >= 0.6 is 15.9 Å². The number of fused-ring (bicyclic) bond motifs is 1. The van der Waals surface area contributed by atoms with Gasteiger partial charge in [-0.25, -0.2) is 4.98 Å². The molecule has 0 saturated heterocycles. The molecule has 1 aromatic heterocycles. The molecule has 0 atom stereocenters. The van der Waals surface area contributed by atoms with Gasteiger partial charge in [-0.3, -0.25) is 0 Å². The van der Waals surface area contributed by atoms with Crippen LogP contribution in [0.1, 0.15) is 26.6 Å². The Morgan fingerprint density at radius 3 is 2.53 bits per heavy atom. The van der Waals surface area contributed by atoms with Gasteiger partial charge in [0.1, 0.15) is 5.82 Å². The molecule has 3 heteroatoms. The Morgan fingerprint density at radius 2 is 1.93 bits per heavy atom. The predicted octanol–water partition coefficient (Wildman–Crippen LogP) is 3.86. The normalized spacial score (nSPS) is 12.3. The molecule has 1 heterocycles. The number of rotatable bonds is 0. The molecule has 15 heavy (non-hydrogen) atoms. The van der Waals surface area contributed by atoms with Gasteiger partial charge < -0.3 is 4.57 Å². The molecule has 0 spiro atoms. The van der Waals surface area contributed by atoms with E-state index < -0.39 is 0 Å². The first-order valence-corrected chi connectivity index (χ1v) is 5.84. The molecular formula is C12H15BrN2. The summed E-state index contributed by atoms with van der Waals surface area (Å²) in [5.41, 5.74) is 2.32. The quantitative estimate of drug-likeness (QED) is 0.708. The van der Waals surface area contributed by atoms with Crippen LogP contribution in [0.5, 0.6) is 0 Å². The summed E-state index contributed by atoms with van der Waals surface area (Å²) < 4.78 is 3.37. The number of aryl methyl sites for hydroxylation is 1. The Bertz CT molecular complexity index is 506. The topological polar surface area (TPSA) is 17.8 Å². The minimum Gasteiger partial charge on any atom is -0.323 e. The average Bonchev–Trinajstić information content (AvgIpc) is 2.38. The highest BCUT2D eigenvalue weighted by atomic mass is 79.9. The predicted molar refractivity (Wildman–Crippen MR) is 67.2 cm³/mol. The zero-order chi connectivity index (χ0) is 11.2. The Kier molecular flexibility index (Phi) is 2.38. The Morgan fingerprint density at radius 1 is 1.27 bits per heavy atom. The van der Waals surface area contributed by atoms with Crippen LogP contribution in [0.25, 0.3) is 11.0 Å². The van der Waals surface area contributed by atoms with E-state index in [9.17, 15) is 0 Å². The van der Waals surface area contributed by atoms with E-state index in [0.29, 0.717) is 0 Å². The summed E-state index contributed by atoms with van der Waals surface area (Å²) in [6, 6.07) is 6.21. The van der Waals surface area contributed by atoms with Gasteiger partial charge in [0.2, 0.25) is 0 Å². The summed E-state index contributed by atoms with van der Waals surface area (Å²) in [4.78, 5) is 4.56. The molecule has 2 rings (SSSR count). The summed E-state index contributed by atoms with van der Waals surface area (Å²) in [7, 11) is 0. The smallest absolute Gasteiger partial charge is 0.107 e. The van der Waals surface area contributed by atoms with Crippen LogP contribution in [0.2, 0.25) is 0 Å². The molecule has 2 nitrogen and oxygen atoms in total. The zero-order valence-electron chi connectivity index (χ0n) is 9.50. The second-order valence-corrected chi connectivity index (χ2v) is 5.71. The van der Waals surface area contributed by atoms with Crippen LogP contribution < -0.4 is 0 Å². The Balaban J connectivity index is 2.82. The lowest BCUT2D eigenvalue weighted by molar-refractivity contribution is 0.399. The minimum absolute atomic E-state index is 0.0691. The molecule has 0 aliphatic carbocycles. The number of hydrogen-bond donors (Lipinski definition) is 0. The molecule has 1 aromatic carbocycles. The third-order valence-corrected chi connectivity index (χ3v) is 2.95. The van der Waals surface area contributed by atoms with E-state index in [1.807, 2.05) is 6.07 Å². The molecule has 0 radical (unpaired) electrons. The molecular weight excluding hydrogens is 252 g/mol. The molecule has 2 aromatic rings. The maximum atomic E-state index is 4.56. The van der Waals surface area contributed by atoms with E-state index in [4.69, 9.17) is 0 Å². The van der Waals surface area contributed by atoms with Gasteiger partial charge in [0, 0.05) is 10.0 Å². The SMILES string of the molecule is Cc1nc2ccc(Br)cc2n1C(C)(C)C. The van der Waals surface area contributed by atoms with Gasteiger partial charge in [-0.15, -0.1) is 0 Å². The van der Waals surface area contributed by atoms with Crippen molar-refractivity contribution in [3.05, 3.63) is 28.5 Å². The molecule has 80 valence electrons. The van der Waals surface area contributed by atoms with Crippen molar-refractivity contribution in [2.75, 3.05) is 0 Å². The van der Waals surface area contributed by atoms with Gasteiger partial charge in [0.05, 0.1) is 11.0 Å². The Labute approximate surface area is 98.4 Å². The largest absolute Gasteiger partial charge is 0.323 e. The van der Waals surface area contributed by atoms with E-state index in [-0.39, 0.29) is 5.54 Å². The van der Waals surface area contributed by atoms with Gasteiger partial charge in [-0.1, -0.05) is 15.9 Å². The van der Waals surface area contributed by atoms with Gasteiger partial charge in [-0.05, 0) is 45.9 Å². The molecule has 0 saturated carbocycles. The Hall–Kier alpha value is -0.830. The van der Waals surface area contributed by atoms with Crippen molar-refractivity contribution in [1.29, 1.82) is 0 Å². The van der Waals surface area contributed by atoms with Crippen LogP contribution in [-0.2, 0) is 5.54 Å². The van der Waals surface area contributed by atoms with E-state index in [1.54, 1.807) is 0 Å². The maximum absolute atomic E-state index is 4.56. The number of hydrogen-bond acceptors (Lipinski definition) is 1. The summed E-state index contributed by atoms with van der Waals surface area (Å²) >= 11 is 3.50. The van der Waals surface area contributed by atoms with E-state index in [2.05, 4.69) is 65.3 Å². The lowest BCUT2D eigenvalue weighted by Gasteiger charge is -2.23. The maximum Gasteiger partial charge on any atom is 0.107 e. The van der Waals surface area contributed by atoms with Gasteiger partial charge in [0.25, 0.3) is 0 Å². The fourth-order valence-corrected chi connectivity index (χ4v) is 2.36. The van der Waals surface area contributed by atoms with Crippen molar-refractivity contribution in [2.24, 2.45) is 0 Å². The van der Waals surface area contributed by atoms with Gasteiger partial charge in [-0.2, -0.15) is 0 Å². The second-order valence-electron chi connectivity index (χ2n) is 4.80. The highest BCUT2D eigenvalue weighted by molar-refractivity contribution is 9.10. The standard InChI is InChI=1S/C12H15BrN2/c1-8-14-10-6-5-9(13)7-11(10)15(8)12(2,3)4/h5-7H,1-4H3. The van der Waals surface area contributed by atoms with Crippen LogP contribution in [0, 0.1) is 6.92 Å². The number of nitrogens with zero attached hydrogens (tertiary/aromatic N) is 2. The van der Waals surface area contributed by atoms with Crippen LogP contribution in [0.3, 0.4) is 0 Å². The highest BCUT2D eigenvalue weighted by Gasteiger charge is 2.19. The number of imidazole rings is 1. The fourth-order valence-electron chi connectivity index (χ4n) is 2.02. The van der Waals surface area contributed by atoms with E-state index in [0.717, 1.165) is 15.8 Å². The van der Waals surface area contributed by atoms with Crippen LogP contribution in [0.4, 0.5) is 0 Å². The molecule has 0 bridgehead atoms. The minimum atomic E-state index is 0.0691. The highest BCUT2D eigenvalue weighted by Crippen LogP contribution is 2.26. The van der Waals surface area contributed by atoms with Crippen molar-refractivity contribution in [2.45, 2.75) is 33.2 Å². The van der Waals surface area contributed by atoms with Crippen molar-refractivity contribution >= 4 is 27.0 Å². The van der Waals surface area contributed by atoms with Crippen LogP contribution in [-0.4, -0.2) is 9.55 Å². The average molecular weight is 267 g/mol. The summed E-state index contributed by atoms with van der Waals surface area (Å²) in [5, 5.41) is 0. The van der Waals surface area contributed by atoms with Crippen molar-refractivity contribution in [3.8, 4) is 0 Å². The van der Waals surface area contributed by atoms with Gasteiger partial charge in [0.15, 0.2) is 0 Å². The molecule has 0 aliphatic rings. The van der Waals surface area contributed by atoms with E-state index in [1.165, 1.54) is 5.52 Å². The third kappa shape index (κ3) is 1.81. The molecule has 0 aliphatic heterocycles. The molecule has 0 unspecified atom stereocenters. The second kappa shape index (κ2) is 3.34. The van der Waals surface area contributed by atoms with E-state index >= 15 is 0 Å². The number of halogens is 1. The van der Waals surface area contributed by atoms with Gasteiger partial charge >= 0.3 is 0 Å². The third-order valence-electron chi connectivity index (χ3n) is 2.46. The lowest BCUT2D eigenvalue weighted by Crippen LogP contribution is -2.22. The van der Waals surface area contributed by atoms with Crippen molar-refractivity contribution < 1.29 is 0 Å². The number of aromatic nitrogens is 2. The first kappa shape index (κ1) is 10.7. The van der Waals surface area contributed by atoms with Crippen LogP contribution in [0.15, 0.2) is 22.7 Å². The summed E-state index contributed by atoms with van der Waals surface area (Å²) in [5.74, 6) is 1.07. The zero-order valence-corrected chi connectivity index (χ0v) is 11.1.